The predicted molar refractivity (Wildman–Crippen MR) is 202 cm³/mol. The van der Waals surface area contributed by atoms with E-state index >= 15 is 0 Å². The molecule has 1 aromatic heterocycles. The monoisotopic (exact) mass is 626 g/mol. The summed E-state index contributed by atoms with van der Waals surface area (Å²) in [5.41, 5.74) is 12.2. The molecule has 0 spiro atoms. The van der Waals surface area contributed by atoms with Gasteiger partial charge in [0.05, 0.1) is 5.69 Å². The molecule has 4 heteroatoms. The SMILES string of the molecule is C1=Nc2ccc(-c3ccccc3-c3ccc4ccccc4c3-c3cccc(-c4nc(-c5ccccc5)nc(-c5ccccc5)n4)c3)cc2C1. The van der Waals surface area contributed by atoms with Crippen molar-refractivity contribution < 1.29 is 0 Å². The van der Waals surface area contributed by atoms with Crippen molar-refractivity contribution >= 4 is 22.7 Å². The molecule has 0 unspecified atom stereocenters. The van der Waals surface area contributed by atoms with Crippen molar-refractivity contribution in [1.29, 1.82) is 0 Å². The summed E-state index contributed by atoms with van der Waals surface area (Å²) < 4.78 is 0. The Morgan fingerprint density at radius 2 is 1.00 bits per heavy atom. The third-order valence-electron chi connectivity index (χ3n) is 9.19. The van der Waals surface area contributed by atoms with Crippen LogP contribution in [-0.4, -0.2) is 21.2 Å². The van der Waals surface area contributed by atoms with E-state index in [1.54, 1.807) is 0 Å². The van der Waals surface area contributed by atoms with E-state index in [0.717, 1.165) is 34.4 Å². The van der Waals surface area contributed by atoms with Gasteiger partial charge in [0.2, 0.25) is 0 Å². The molecule has 4 nitrogen and oxygen atoms in total. The highest BCUT2D eigenvalue weighted by atomic mass is 15.0. The molecule has 8 aromatic rings. The Bertz CT molecular complexity index is 2460. The molecule has 230 valence electrons. The molecule has 49 heavy (non-hydrogen) atoms. The average Bonchev–Trinajstić information content (AvgIpc) is 3.66. The highest BCUT2D eigenvalue weighted by molar-refractivity contribution is 6.06. The van der Waals surface area contributed by atoms with E-state index in [2.05, 4.69) is 108 Å². The van der Waals surface area contributed by atoms with Gasteiger partial charge in [-0.25, -0.2) is 15.0 Å². The summed E-state index contributed by atoms with van der Waals surface area (Å²) in [5.74, 6) is 1.93. The molecule has 1 aliphatic heterocycles. The van der Waals surface area contributed by atoms with Crippen LogP contribution in [0.25, 0.3) is 78.3 Å². The van der Waals surface area contributed by atoms with Gasteiger partial charge in [0.15, 0.2) is 17.5 Å². The molecule has 2 heterocycles. The van der Waals surface area contributed by atoms with Gasteiger partial charge in [0.25, 0.3) is 0 Å². The van der Waals surface area contributed by atoms with Crippen LogP contribution in [0.5, 0.6) is 0 Å². The van der Waals surface area contributed by atoms with Crippen LogP contribution in [0.2, 0.25) is 0 Å². The lowest BCUT2D eigenvalue weighted by Gasteiger charge is -2.18. The maximum Gasteiger partial charge on any atom is 0.164 e. The second kappa shape index (κ2) is 12.3. The van der Waals surface area contributed by atoms with Gasteiger partial charge in [0, 0.05) is 29.3 Å². The molecule has 9 rings (SSSR count). The number of nitrogens with zero attached hydrogens (tertiary/aromatic N) is 4. The number of aliphatic imine (C=N–C) groups is 1. The first-order chi connectivity index (χ1) is 24.3. The summed E-state index contributed by atoms with van der Waals surface area (Å²) in [5, 5.41) is 2.39. The summed E-state index contributed by atoms with van der Waals surface area (Å²) in [6.07, 6.45) is 2.86. The lowest BCUT2D eigenvalue weighted by molar-refractivity contribution is 1.07. The Morgan fingerprint density at radius 3 is 1.76 bits per heavy atom. The standard InChI is InChI=1S/C45H30N4/c1-3-13-31(14-4-1)43-47-44(32-15-5-2-6-16-32)49-45(48-43)36-18-11-17-35(29-36)42-38-20-8-7-12-30(38)22-24-40(42)39-21-10-9-19-37(39)33-23-25-41-34(28-33)26-27-46-41/h1-25,27-29H,26H2. The molecule has 1 aliphatic rings. The van der Waals surface area contributed by atoms with E-state index in [1.165, 1.54) is 44.2 Å². The Kier molecular flexibility index (Phi) is 7.17. The van der Waals surface area contributed by atoms with Gasteiger partial charge in [-0.3, -0.25) is 4.99 Å². The van der Waals surface area contributed by atoms with Gasteiger partial charge in [-0.15, -0.1) is 0 Å². The lowest BCUT2D eigenvalue weighted by atomic mass is 9.86. The zero-order chi connectivity index (χ0) is 32.6. The van der Waals surface area contributed by atoms with E-state index < -0.39 is 0 Å². The van der Waals surface area contributed by atoms with Crippen molar-refractivity contribution in [1.82, 2.24) is 15.0 Å². The number of aromatic nitrogens is 3. The zero-order valence-corrected chi connectivity index (χ0v) is 26.7. The van der Waals surface area contributed by atoms with Crippen molar-refractivity contribution in [2.45, 2.75) is 6.42 Å². The zero-order valence-electron chi connectivity index (χ0n) is 26.7. The minimum atomic E-state index is 0.636. The molecule has 0 N–H and O–H groups in total. The van der Waals surface area contributed by atoms with Crippen LogP contribution in [0.3, 0.4) is 0 Å². The maximum absolute atomic E-state index is 5.03. The van der Waals surface area contributed by atoms with E-state index in [0.29, 0.717) is 17.5 Å². The number of fused-ring (bicyclic) bond motifs is 2. The van der Waals surface area contributed by atoms with Crippen LogP contribution in [-0.2, 0) is 6.42 Å². The molecule has 0 radical (unpaired) electrons. The smallest absolute Gasteiger partial charge is 0.164 e. The number of rotatable bonds is 6. The first-order valence-corrected chi connectivity index (χ1v) is 16.5. The Balaban J connectivity index is 1.23. The van der Waals surface area contributed by atoms with Gasteiger partial charge in [-0.05, 0) is 67.9 Å². The normalized spacial score (nSPS) is 11.9. The third kappa shape index (κ3) is 5.39. The Hall–Kier alpha value is -6.52. The van der Waals surface area contributed by atoms with Crippen molar-refractivity contribution in [3.63, 3.8) is 0 Å². The molecule has 0 aliphatic carbocycles. The van der Waals surface area contributed by atoms with E-state index in [-0.39, 0.29) is 0 Å². The van der Waals surface area contributed by atoms with Crippen molar-refractivity contribution in [3.05, 3.63) is 169 Å². The molecule has 0 atom stereocenters. The quantitative estimate of drug-likeness (QED) is 0.184. The summed E-state index contributed by atoms with van der Waals surface area (Å²) >= 11 is 0. The topological polar surface area (TPSA) is 51.0 Å². The van der Waals surface area contributed by atoms with Crippen LogP contribution in [0.1, 0.15) is 5.56 Å². The number of benzene rings is 7. The first kappa shape index (κ1) is 28.7. The second-order valence-electron chi connectivity index (χ2n) is 12.2. The average molecular weight is 627 g/mol. The van der Waals surface area contributed by atoms with Crippen LogP contribution in [0.15, 0.2) is 169 Å². The minimum absolute atomic E-state index is 0.636. The lowest BCUT2D eigenvalue weighted by Crippen LogP contribution is -2.00. The van der Waals surface area contributed by atoms with Gasteiger partial charge < -0.3 is 0 Å². The van der Waals surface area contributed by atoms with Crippen LogP contribution in [0, 0.1) is 0 Å². The van der Waals surface area contributed by atoms with Crippen molar-refractivity contribution in [2.75, 3.05) is 0 Å². The van der Waals surface area contributed by atoms with Gasteiger partial charge in [0.1, 0.15) is 0 Å². The molecule has 0 fully saturated rings. The number of hydrogen-bond acceptors (Lipinski definition) is 4. The van der Waals surface area contributed by atoms with E-state index in [1.807, 2.05) is 66.9 Å². The molecular formula is C45H30N4. The fourth-order valence-corrected chi connectivity index (χ4v) is 6.81. The molecule has 0 saturated heterocycles. The largest absolute Gasteiger partial charge is 0.261 e. The van der Waals surface area contributed by atoms with E-state index in [9.17, 15) is 0 Å². The third-order valence-corrected chi connectivity index (χ3v) is 9.19. The molecule has 7 aromatic carbocycles. The first-order valence-electron chi connectivity index (χ1n) is 16.5. The Morgan fingerprint density at radius 1 is 0.388 bits per heavy atom. The van der Waals surface area contributed by atoms with Crippen molar-refractivity contribution in [3.8, 4) is 67.5 Å². The number of hydrogen-bond donors (Lipinski definition) is 0. The highest BCUT2D eigenvalue weighted by Gasteiger charge is 2.18. The van der Waals surface area contributed by atoms with Gasteiger partial charge in [-0.2, -0.15) is 0 Å². The van der Waals surface area contributed by atoms with E-state index in [4.69, 9.17) is 15.0 Å². The summed E-state index contributed by atoms with van der Waals surface area (Å²) in [7, 11) is 0. The minimum Gasteiger partial charge on any atom is -0.261 e. The Labute approximate surface area is 285 Å². The highest BCUT2D eigenvalue weighted by Crippen LogP contribution is 2.43. The second-order valence-corrected chi connectivity index (χ2v) is 12.2. The molecule has 0 saturated carbocycles. The summed E-state index contributed by atoms with van der Waals surface area (Å²) in [6.45, 7) is 0. The molecular weight excluding hydrogens is 597 g/mol. The van der Waals surface area contributed by atoms with Crippen LogP contribution < -0.4 is 0 Å². The van der Waals surface area contributed by atoms with Crippen LogP contribution in [0.4, 0.5) is 5.69 Å². The predicted octanol–water partition coefficient (Wildman–Crippen LogP) is 11.3. The summed E-state index contributed by atoms with van der Waals surface area (Å²) in [4.78, 5) is 19.5. The maximum atomic E-state index is 5.03. The fraction of sp³-hybridized carbons (Fsp3) is 0.0222. The van der Waals surface area contributed by atoms with Gasteiger partial charge in [-0.1, -0.05) is 146 Å². The molecule has 0 amide bonds. The van der Waals surface area contributed by atoms with Gasteiger partial charge >= 0.3 is 0 Å². The van der Waals surface area contributed by atoms with Crippen LogP contribution >= 0.6 is 0 Å². The molecule has 0 bridgehead atoms. The fourth-order valence-electron chi connectivity index (χ4n) is 6.81. The summed E-state index contributed by atoms with van der Waals surface area (Å²) in [6, 6.07) is 57.3. The van der Waals surface area contributed by atoms with Crippen molar-refractivity contribution in [2.24, 2.45) is 4.99 Å².